The van der Waals surface area contributed by atoms with Crippen LogP contribution in [0.25, 0.3) is 0 Å². The summed E-state index contributed by atoms with van der Waals surface area (Å²) in [4.78, 5) is 23.6. The fraction of sp³-hybridized carbons (Fsp3) is 0.529. The highest BCUT2D eigenvalue weighted by atomic mass is 19.1. The number of rotatable bonds is 6. The van der Waals surface area contributed by atoms with Gasteiger partial charge in [-0.05, 0) is 24.6 Å². The van der Waals surface area contributed by atoms with Gasteiger partial charge in [0.2, 0.25) is 11.8 Å². The summed E-state index contributed by atoms with van der Waals surface area (Å²) >= 11 is 0. The van der Waals surface area contributed by atoms with Crippen LogP contribution in [0.3, 0.4) is 0 Å². The lowest BCUT2D eigenvalue weighted by Gasteiger charge is -2.20. The van der Waals surface area contributed by atoms with Gasteiger partial charge in [-0.15, -0.1) is 0 Å². The average Bonchev–Trinajstić information content (AvgIpc) is 2.46. The predicted octanol–water partition coefficient (Wildman–Crippen LogP) is 3.08. The van der Waals surface area contributed by atoms with E-state index in [1.807, 2.05) is 0 Å². The van der Waals surface area contributed by atoms with E-state index in [0.717, 1.165) is 18.2 Å². The molecule has 1 aromatic carbocycles. The van der Waals surface area contributed by atoms with Gasteiger partial charge in [0.05, 0.1) is 6.04 Å². The van der Waals surface area contributed by atoms with Crippen LogP contribution >= 0.6 is 0 Å². The minimum atomic E-state index is -0.600. The van der Waals surface area contributed by atoms with Crippen LogP contribution in [0, 0.1) is 17.0 Å². The van der Waals surface area contributed by atoms with Crippen molar-refractivity contribution in [3.8, 4) is 0 Å². The topological polar surface area (TPSA) is 58.2 Å². The average molecular weight is 326 g/mol. The van der Waals surface area contributed by atoms with Gasteiger partial charge in [0, 0.05) is 23.9 Å². The Bertz CT molecular complexity index is 568. The number of amides is 2. The van der Waals surface area contributed by atoms with Crippen LogP contribution in [0.15, 0.2) is 18.2 Å². The smallest absolute Gasteiger partial charge is 0.225 e. The Morgan fingerprint density at radius 1 is 1.22 bits per heavy atom. The summed E-state index contributed by atoms with van der Waals surface area (Å²) in [6.07, 6.45) is 0.510. The Labute approximate surface area is 135 Å². The minimum absolute atomic E-state index is 0.0786. The highest BCUT2D eigenvalue weighted by molar-refractivity contribution is 5.82. The maximum atomic E-state index is 13.8. The van der Waals surface area contributed by atoms with Crippen molar-refractivity contribution in [3.63, 3.8) is 0 Å². The van der Waals surface area contributed by atoms with Gasteiger partial charge < -0.3 is 10.6 Å². The van der Waals surface area contributed by atoms with Crippen LogP contribution in [0.5, 0.6) is 0 Å². The van der Waals surface area contributed by atoms with Gasteiger partial charge in [-0.25, -0.2) is 8.78 Å². The zero-order valence-electron chi connectivity index (χ0n) is 14.0. The number of nitrogens with one attached hydrogen (secondary N) is 2. The number of carbonyl (C=O) groups is 2. The molecule has 0 heterocycles. The Hall–Kier alpha value is -1.98. The third-order valence-corrected chi connectivity index (χ3v) is 3.40. The van der Waals surface area contributed by atoms with Gasteiger partial charge in [0.25, 0.3) is 0 Å². The van der Waals surface area contributed by atoms with Gasteiger partial charge in [0.15, 0.2) is 0 Å². The highest BCUT2D eigenvalue weighted by Gasteiger charge is 2.21. The molecule has 128 valence electrons. The molecule has 0 aromatic heterocycles. The molecule has 0 aliphatic rings. The van der Waals surface area contributed by atoms with Crippen molar-refractivity contribution in [2.45, 2.75) is 46.6 Å². The maximum Gasteiger partial charge on any atom is 0.225 e. The first-order valence-corrected chi connectivity index (χ1v) is 7.67. The standard InChI is InChI=1S/C17H24F2N2O2/c1-5-14(12-10-11(18)6-7-13(12)19)21-15(22)8-9-20-16(23)17(2,3)4/h6-7,10,14H,5,8-9H2,1-4H3,(H,20,23)(H,21,22). The second-order valence-electron chi connectivity index (χ2n) is 6.45. The zero-order valence-corrected chi connectivity index (χ0v) is 14.0. The van der Waals surface area contributed by atoms with E-state index in [2.05, 4.69) is 10.6 Å². The molecule has 6 heteroatoms. The molecule has 2 N–H and O–H groups in total. The monoisotopic (exact) mass is 326 g/mol. The SMILES string of the molecule is CCC(NC(=O)CCNC(=O)C(C)(C)C)c1cc(F)ccc1F. The van der Waals surface area contributed by atoms with E-state index in [1.54, 1.807) is 27.7 Å². The molecule has 0 saturated heterocycles. The summed E-state index contributed by atoms with van der Waals surface area (Å²) in [5.41, 5.74) is -0.396. The summed E-state index contributed by atoms with van der Waals surface area (Å²) in [7, 11) is 0. The number of carbonyl (C=O) groups excluding carboxylic acids is 2. The van der Waals surface area contributed by atoms with Gasteiger partial charge in [-0.3, -0.25) is 9.59 Å². The molecule has 23 heavy (non-hydrogen) atoms. The summed E-state index contributed by atoms with van der Waals surface area (Å²) in [5.74, 6) is -1.57. The molecule has 4 nitrogen and oxygen atoms in total. The minimum Gasteiger partial charge on any atom is -0.355 e. The second-order valence-corrected chi connectivity index (χ2v) is 6.45. The third-order valence-electron chi connectivity index (χ3n) is 3.40. The van der Waals surface area contributed by atoms with E-state index in [4.69, 9.17) is 0 Å². The normalized spacial score (nSPS) is 12.6. The molecule has 0 aliphatic carbocycles. The fourth-order valence-corrected chi connectivity index (χ4v) is 2.00. The molecule has 0 fully saturated rings. The van der Waals surface area contributed by atoms with Gasteiger partial charge >= 0.3 is 0 Å². The van der Waals surface area contributed by atoms with E-state index in [-0.39, 0.29) is 30.3 Å². The van der Waals surface area contributed by atoms with Crippen LogP contribution in [0.4, 0.5) is 8.78 Å². The first kappa shape index (κ1) is 19.1. The lowest BCUT2D eigenvalue weighted by atomic mass is 9.96. The van der Waals surface area contributed by atoms with Crippen LogP contribution in [0.1, 0.15) is 52.1 Å². The predicted molar refractivity (Wildman–Crippen MR) is 84.6 cm³/mol. The molecule has 1 rings (SSSR count). The fourth-order valence-electron chi connectivity index (χ4n) is 2.00. The van der Waals surface area contributed by atoms with Crippen LogP contribution in [0.2, 0.25) is 0 Å². The maximum absolute atomic E-state index is 13.8. The molecule has 0 spiro atoms. The Balaban J connectivity index is 2.58. The van der Waals surface area contributed by atoms with Gasteiger partial charge in [0.1, 0.15) is 11.6 Å². The van der Waals surface area contributed by atoms with E-state index in [9.17, 15) is 18.4 Å². The quantitative estimate of drug-likeness (QED) is 0.844. The van der Waals surface area contributed by atoms with Crippen molar-refractivity contribution in [3.05, 3.63) is 35.4 Å². The Morgan fingerprint density at radius 3 is 2.43 bits per heavy atom. The molecule has 0 radical (unpaired) electrons. The first-order valence-electron chi connectivity index (χ1n) is 7.67. The summed E-state index contributed by atoms with van der Waals surface area (Å²) < 4.78 is 27.0. The van der Waals surface area contributed by atoms with Crippen molar-refractivity contribution in [2.75, 3.05) is 6.54 Å². The molecule has 1 atom stereocenters. The van der Waals surface area contributed by atoms with Gasteiger partial charge in [-0.2, -0.15) is 0 Å². The van der Waals surface area contributed by atoms with Crippen molar-refractivity contribution in [1.29, 1.82) is 0 Å². The molecular weight excluding hydrogens is 302 g/mol. The number of hydrogen-bond donors (Lipinski definition) is 2. The molecule has 0 saturated carbocycles. The molecule has 1 unspecified atom stereocenters. The number of benzene rings is 1. The third kappa shape index (κ3) is 5.96. The van der Waals surface area contributed by atoms with Crippen molar-refractivity contribution >= 4 is 11.8 Å². The van der Waals surface area contributed by atoms with Crippen LogP contribution in [-0.2, 0) is 9.59 Å². The Morgan fingerprint density at radius 2 is 1.87 bits per heavy atom. The lowest BCUT2D eigenvalue weighted by Crippen LogP contribution is -2.38. The van der Waals surface area contributed by atoms with Crippen molar-refractivity contribution in [2.24, 2.45) is 5.41 Å². The van der Waals surface area contributed by atoms with Crippen LogP contribution < -0.4 is 10.6 Å². The van der Waals surface area contributed by atoms with E-state index in [0.29, 0.717) is 6.42 Å². The highest BCUT2D eigenvalue weighted by Crippen LogP contribution is 2.21. The van der Waals surface area contributed by atoms with E-state index in [1.165, 1.54) is 0 Å². The van der Waals surface area contributed by atoms with Crippen molar-refractivity contribution < 1.29 is 18.4 Å². The largest absolute Gasteiger partial charge is 0.355 e. The number of hydrogen-bond acceptors (Lipinski definition) is 2. The first-order chi connectivity index (χ1) is 10.6. The molecular formula is C17H24F2N2O2. The van der Waals surface area contributed by atoms with E-state index >= 15 is 0 Å². The summed E-state index contributed by atoms with van der Waals surface area (Å²) in [6.45, 7) is 7.31. The summed E-state index contributed by atoms with van der Waals surface area (Å²) in [6, 6.07) is 2.57. The van der Waals surface area contributed by atoms with Crippen LogP contribution in [-0.4, -0.2) is 18.4 Å². The molecule has 2 amide bonds. The zero-order chi connectivity index (χ0) is 17.6. The lowest BCUT2D eigenvalue weighted by molar-refractivity contribution is -0.128. The Kier molecular flexibility index (Phi) is 6.66. The molecule has 0 aliphatic heterocycles. The molecule has 1 aromatic rings. The van der Waals surface area contributed by atoms with Gasteiger partial charge in [-0.1, -0.05) is 27.7 Å². The number of halogens is 2. The second kappa shape index (κ2) is 8.04. The summed E-state index contributed by atoms with van der Waals surface area (Å²) in [5, 5.41) is 5.34. The molecule has 0 bridgehead atoms. The van der Waals surface area contributed by atoms with Crippen molar-refractivity contribution in [1.82, 2.24) is 10.6 Å². The van der Waals surface area contributed by atoms with E-state index < -0.39 is 23.1 Å².